The van der Waals surface area contributed by atoms with Crippen LogP contribution in [-0.4, -0.2) is 46.0 Å². The lowest BCUT2D eigenvalue weighted by Gasteiger charge is -2.15. The van der Waals surface area contributed by atoms with Crippen LogP contribution in [0.1, 0.15) is 17.5 Å². The van der Waals surface area contributed by atoms with Gasteiger partial charge in [0.25, 0.3) is 0 Å². The van der Waals surface area contributed by atoms with E-state index < -0.39 is 0 Å². The van der Waals surface area contributed by atoms with Crippen molar-refractivity contribution in [2.24, 2.45) is 0 Å². The van der Waals surface area contributed by atoms with Gasteiger partial charge in [-0.25, -0.2) is 0 Å². The summed E-state index contributed by atoms with van der Waals surface area (Å²) in [6, 6.07) is 9.89. The van der Waals surface area contributed by atoms with E-state index in [1.165, 1.54) is 0 Å². The fourth-order valence-electron chi connectivity index (χ4n) is 2.95. The zero-order valence-corrected chi connectivity index (χ0v) is 18.2. The maximum absolute atomic E-state index is 6.03. The predicted octanol–water partition coefficient (Wildman–Crippen LogP) is 3.81. The molecule has 0 saturated carbocycles. The first-order valence-corrected chi connectivity index (χ1v) is 10.1. The Morgan fingerprint density at radius 1 is 1.11 bits per heavy atom. The number of nitrogens with one attached hydrogen (secondary N) is 1. The fraction of sp³-hybridized carbons (Fsp3) is 0.429. The van der Waals surface area contributed by atoms with Gasteiger partial charge in [-0.05, 0) is 84.9 Å². The largest absolute Gasteiger partial charge is 0.493 e. The summed E-state index contributed by atoms with van der Waals surface area (Å²) in [6.07, 6.45) is 1.11. The number of hydrogen-bond acceptors (Lipinski definition) is 6. The number of nitrogens with zero attached hydrogens (tertiary/aromatic N) is 1. The molecule has 0 amide bonds. The summed E-state index contributed by atoms with van der Waals surface area (Å²) in [5.74, 6) is 2.92. The van der Waals surface area contributed by atoms with Crippen LogP contribution in [0.5, 0.6) is 23.0 Å². The van der Waals surface area contributed by atoms with Crippen molar-refractivity contribution in [2.75, 3.05) is 41.1 Å². The van der Waals surface area contributed by atoms with Gasteiger partial charge in [0.2, 0.25) is 6.79 Å². The molecule has 0 saturated heterocycles. The van der Waals surface area contributed by atoms with E-state index in [-0.39, 0.29) is 6.79 Å². The minimum atomic E-state index is 0.268. The van der Waals surface area contributed by atoms with Crippen LogP contribution in [0.3, 0.4) is 0 Å². The Balaban J connectivity index is 1.59. The van der Waals surface area contributed by atoms with Gasteiger partial charge >= 0.3 is 0 Å². The first-order chi connectivity index (χ1) is 13.6. The van der Waals surface area contributed by atoms with E-state index >= 15 is 0 Å². The monoisotopic (exact) mass is 450 g/mol. The maximum Gasteiger partial charge on any atom is 0.231 e. The number of rotatable bonds is 10. The highest BCUT2D eigenvalue weighted by atomic mass is 79.9. The molecular weight excluding hydrogens is 424 g/mol. The van der Waals surface area contributed by atoms with Gasteiger partial charge in [0.15, 0.2) is 23.0 Å². The number of hydrogen-bond donors (Lipinski definition) is 1. The average Bonchev–Trinajstić information content (AvgIpc) is 3.14. The molecule has 1 aliphatic rings. The molecule has 2 aromatic rings. The molecule has 0 aromatic heterocycles. The van der Waals surface area contributed by atoms with E-state index in [2.05, 4.69) is 46.3 Å². The zero-order chi connectivity index (χ0) is 19.9. The molecule has 7 heteroatoms. The van der Waals surface area contributed by atoms with E-state index in [1.54, 1.807) is 7.11 Å². The molecular formula is C21H27BrN2O4. The first-order valence-electron chi connectivity index (χ1n) is 9.30. The van der Waals surface area contributed by atoms with Crippen LogP contribution < -0.4 is 24.3 Å². The molecule has 1 aliphatic heterocycles. The van der Waals surface area contributed by atoms with Gasteiger partial charge < -0.3 is 29.2 Å². The van der Waals surface area contributed by atoms with E-state index in [1.807, 2.05) is 24.3 Å². The van der Waals surface area contributed by atoms with Crippen LogP contribution in [0.2, 0.25) is 0 Å². The zero-order valence-electron chi connectivity index (χ0n) is 16.6. The Hall–Kier alpha value is -1.96. The summed E-state index contributed by atoms with van der Waals surface area (Å²) in [6.45, 7) is 3.51. The fourth-order valence-corrected chi connectivity index (χ4v) is 3.56. The van der Waals surface area contributed by atoms with E-state index in [0.717, 1.165) is 53.2 Å². The first kappa shape index (κ1) is 20.8. The standard InChI is InChI=1S/C21H27BrN2O4/c1-24(2)8-4-7-23-12-16-9-17(22)21(20(11-16)25-3)26-13-15-5-6-18-19(10-15)28-14-27-18/h5-6,9-11,23H,4,7-8,12-14H2,1-3H3. The smallest absolute Gasteiger partial charge is 0.231 e. The van der Waals surface area contributed by atoms with Gasteiger partial charge in [-0.3, -0.25) is 0 Å². The molecule has 0 aliphatic carbocycles. The SMILES string of the molecule is COc1cc(CNCCCN(C)C)cc(Br)c1OCc1ccc2c(c1)OCO2. The second-order valence-corrected chi connectivity index (χ2v) is 7.77. The average molecular weight is 451 g/mol. The van der Waals surface area contributed by atoms with Crippen molar-refractivity contribution >= 4 is 15.9 Å². The topological polar surface area (TPSA) is 52.2 Å². The number of fused-ring (bicyclic) bond motifs is 1. The van der Waals surface area contributed by atoms with Crippen molar-refractivity contribution in [1.82, 2.24) is 10.2 Å². The highest BCUT2D eigenvalue weighted by molar-refractivity contribution is 9.10. The summed E-state index contributed by atoms with van der Waals surface area (Å²) in [5.41, 5.74) is 2.15. The van der Waals surface area contributed by atoms with Crippen molar-refractivity contribution in [1.29, 1.82) is 0 Å². The third kappa shape index (κ3) is 5.53. The molecule has 0 atom stereocenters. The van der Waals surface area contributed by atoms with Gasteiger partial charge in [0, 0.05) is 6.54 Å². The van der Waals surface area contributed by atoms with Crippen molar-refractivity contribution in [2.45, 2.75) is 19.6 Å². The lowest BCUT2D eigenvalue weighted by atomic mass is 10.2. The Labute approximate surface area is 174 Å². The number of benzene rings is 2. The van der Waals surface area contributed by atoms with Crippen LogP contribution in [0, 0.1) is 0 Å². The third-order valence-electron chi connectivity index (χ3n) is 4.40. The van der Waals surface area contributed by atoms with Crippen molar-refractivity contribution in [3.05, 3.63) is 45.9 Å². The van der Waals surface area contributed by atoms with Crippen molar-refractivity contribution in [3.8, 4) is 23.0 Å². The molecule has 2 aromatic carbocycles. The molecule has 152 valence electrons. The van der Waals surface area contributed by atoms with E-state index in [4.69, 9.17) is 18.9 Å². The third-order valence-corrected chi connectivity index (χ3v) is 4.99. The Morgan fingerprint density at radius 3 is 2.71 bits per heavy atom. The van der Waals surface area contributed by atoms with Crippen LogP contribution in [0.25, 0.3) is 0 Å². The lowest BCUT2D eigenvalue weighted by Crippen LogP contribution is -2.21. The van der Waals surface area contributed by atoms with Crippen LogP contribution in [0.15, 0.2) is 34.8 Å². The molecule has 3 rings (SSSR count). The molecule has 6 nitrogen and oxygen atoms in total. The van der Waals surface area contributed by atoms with Crippen LogP contribution >= 0.6 is 15.9 Å². The second-order valence-electron chi connectivity index (χ2n) is 6.92. The van der Waals surface area contributed by atoms with E-state index in [0.29, 0.717) is 18.1 Å². The molecule has 0 bridgehead atoms. The molecule has 0 unspecified atom stereocenters. The van der Waals surface area contributed by atoms with E-state index in [9.17, 15) is 0 Å². The number of ether oxygens (including phenoxy) is 4. The molecule has 0 radical (unpaired) electrons. The predicted molar refractivity (Wildman–Crippen MR) is 112 cm³/mol. The summed E-state index contributed by atoms with van der Waals surface area (Å²) >= 11 is 3.62. The quantitative estimate of drug-likeness (QED) is 0.555. The minimum Gasteiger partial charge on any atom is -0.493 e. The molecule has 28 heavy (non-hydrogen) atoms. The summed E-state index contributed by atoms with van der Waals surface area (Å²) in [5, 5.41) is 3.47. The Bertz CT molecular complexity index is 798. The lowest BCUT2D eigenvalue weighted by molar-refractivity contribution is 0.174. The van der Waals surface area contributed by atoms with Gasteiger partial charge in [-0.2, -0.15) is 0 Å². The van der Waals surface area contributed by atoms with Crippen LogP contribution in [0.4, 0.5) is 0 Å². The van der Waals surface area contributed by atoms with Crippen molar-refractivity contribution in [3.63, 3.8) is 0 Å². The highest BCUT2D eigenvalue weighted by Crippen LogP contribution is 2.38. The molecule has 0 spiro atoms. The minimum absolute atomic E-state index is 0.268. The number of halogens is 1. The Kier molecular flexibility index (Phi) is 7.42. The van der Waals surface area contributed by atoms with Gasteiger partial charge in [0.1, 0.15) is 6.61 Å². The Morgan fingerprint density at radius 2 is 1.93 bits per heavy atom. The summed E-state index contributed by atoms with van der Waals surface area (Å²) in [7, 11) is 5.83. The van der Waals surface area contributed by atoms with Crippen LogP contribution in [-0.2, 0) is 13.2 Å². The summed E-state index contributed by atoms with van der Waals surface area (Å²) < 4.78 is 23.2. The second kappa shape index (κ2) is 10.0. The number of methoxy groups -OCH3 is 1. The van der Waals surface area contributed by atoms with Gasteiger partial charge in [0.05, 0.1) is 11.6 Å². The molecule has 0 fully saturated rings. The van der Waals surface area contributed by atoms with Crippen molar-refractivity contribution < 1.29 is 18.9 Å². The maximum atomic E-state index is 6.03. The normalized spacial score (nSPS) is 12.5. The molecule has 1 heterocycles. The summed E-state index contributed by atoms with van der Waals surface area (Å²) in [4.78, 5) is 2.19. The molecule has 1 N–H and O–H groups in total. The highest BCUT2D eigenvalue weighted by Gasteiger charge is 2.15. The van der Waals surface area contributed by atoms with Gasteiger partial charge in [-0.15, -0.1) is 0 Å². The van der Waals surface area contributed by atoms with Gasteiger partial charge in [-0.1, -0.05) is 6.07 Å².